The number of carbonyl (C=O) groups excluding carboxylic acids is 1. The second kappa shape index (κ2) is 7.18. The molecular weight excluding hydrogens is 270 g/mol. The third-order valence-electron chi connectivity index (χ3n) is 4.17. The van der Waals surface area contributed by atoms with Gasteiger partial charge in [-0.1, -0.05) is 6.92 Å². The summed E-state index contributed by atoms with van der Waals surface area (Å²) in [5.41, 5.74) is 6.96. The minimum Gasteiger partial charge on any atom is -0.338 e. The van der Waals surface area contributed by atoms with E-state index in [1.165, 1.54) is 6.42 Å². The Balaban J connectivity index is 1.81. The summed E-state index contributed by atoms with van der Waals surface area (Å²) < 4.78 is 0. The largest absolute Gasteiger partial charge is 0.338 e. The van der Waals surface area contributed by atoms with Crippen LogP contribution in [0.4, 0.5) is 0 Å². The Labute approximate surface area is 125 Å². The molecule has 20 heavy (non-hydrogen) atoms. The van der Waals surface area contributed by atoms with Gasteiger partial charge >= 0.3 is 0 Å². The summed E-state index contributed by atoms with van der Waals surface area (Å²) in [5.74, 6) is 0.790. The highest BCUT2D eigenvalue weighted by Gasteiger charge is 2.30. The van der Waals surface area contributed by atoms with Crippen molar-refractivity contribution in [3.05, 3.63) is 16.1 Å². The number of rotatable bonds is 5. The quantitative estimate of drug-likeness (QED) is 0.907. The van der Waals surface area contributed by atoms with Crippen LogP contribution in [0.15, 0.2) is 5.38 Å². The zero-order valence-corrected chi connectivity index (χ0v) is 13.3. The van der Waals surface area contributed by atoms with Gasteiger partial charge in [-0.15, -0.1) is 11.3 Å². The molecule has 2 atom stereocenters. The fourth-order valence-corrected chi connectivity index (χ4v) is 3.65. The number of likely N-dealkylation sites (tertiary alicyclic amines) is 1. The molecule has 1 aromatic heterocycles. The summed E-state index contributed by atoms with van der Waals surface area (Å²) in [6.45, 7) is 5.67. The number of nitrogens with two attached hydrogens (primary N) is 1. The lowest BCUT2D eigenvalue weighted by atomic mass is 9.90. The van der Waals surface area contributed by atoms with Crippen molar-refractivity contribution >= 4 is 17.2 Å². The number of piperidine rings is 1. The first-order chi connectivity index (χ1) is 9.61. The molecule has 0 aliphatic carbocycles. The number of hydrogen-bond donors (Lipinski definition) is 1. The first kappa shape index (κ1) is 15.4. The van der Waals surface area contributed by atoms with Gasteiger partial charge in [0.25, 0.3) is 0 Å². The summed E-state index contributed by atoms with van der Waals surface area (Å²) in [4.78, 5) is 18.8. The van der Waals surface area contributed by atoms with E-state index >= 15 is 0 Å². The molecule has 1 fully saturated rings. The smallest absolute Gasteiger partial charge is 0.222 e. The van der Waals surface area contributed by atoms with E-state index in [1.54, 1.807) is 11.3 Å². The van der Waals surface area contributed by atoms with Crippen LogP contribution in [0.5, 0.6) is 0 Å². The van der Waals surface area contributed by atoms with Crippen LogP contribution in [0.2, 0.25) is 0 Å². The summed E-state index contributed by atoms with van der Waals surface area (Å²) in [6, 6.07) is 0.234. The van der Waals surface area contributed by atoms with Crippen molar-refractivity contribution in [2.24, 2.45) is 11.7 Å². The van der Waals surface area contributed by atoms with E-state index in [4.69, 9.17) is 5.73 Å². The molecule has 2 N–H and O–H groups in total. The Hall–Kier alpha value is -0.940. The van der Waals surface area contributed by atoms with E-state index in [0.717, 1.165) is 36.5 Å². The van der Waals surface area contributed by atoms with Gasteiger partial charge in [0.2, 0.25) is 5.91 Å². The fourth-order valence-electron chi connectivity index (χ4n) is 3.01. The Morgan fingerprint density at radius 3 is 3.05 bits per heavy atom. The van der Waals surface area contributed by atoms with Crippen molar-refractivity contribution in [1.29, 1.82) is 0 Å². The molecule has 1 amide bonds. The third kappa shape index (κ3) is 3.79. The number of carbonyl (C=O) groups is 1. The first-order valence-corrected chi connectivity index (χ1v) is 8.40. The van der Waals surface area contributed by atoms with Gasteiger partial charge in [-0.2, -0.15) is 0 Å². The molecule has 0 saturated carbocycles. The van der Waals surface area contributed by atoms with Gasteiger partial charge in [0.15, 0.2) is 0 Å². The molecule has 1 aliphatic heterocycles. The monoisotopic (exact) mass is 295 g/mol. The second-order valence-corrected chi connectivity index (χ2v) is 6.78. The lowest BCUT2D eigenvalue weighted by Gasteiger charge is -2.39. The number of aromatic nitrogens is 1. The molecule has 4 nitrogen and oxygen atoms in total. The third-order valence-corrected chi connectivity index (χ3v) is 4.99. The summed E-state index contributed by atoms with van der Waals surface area (Å²) in [5, 5.41) is 3.19. The van der Waals surface area contributed by atoms with Crippen LogP contribution in [-0.2, 0) is 11.2 Å². The van der Waals surface area contributed by atoms with Gasteiger partial charge < -0.3 is 10.6 Å². The normalized spacial score (nSPS) is 23.1. The maximum Gasteiger partial charge on any atom is 0.222 e. The van der Waals surface area contributed by atoms with Gasteiger partial charge in [0.05, 0.1) is 10.7 Å². The number of hydrogen-bond acceptors (Lipinski definition) is 4. The van der Waals surface area contributed by atoms with Crippen molar-refractivity contribution in [3.8, 4) is 0 Å². The predicted molar refractivity (Wildman–Crippen MR) is 82.7 cm³/mol. The number of nitrogens with zero attached hydrogens (tertiary/aromatic N) is 2. The minimum absolute atomic E-state index is 0.234. The average Bonchev–Trinajstić information content (AvgIpc) is 2.84. The van der Waals surface area contributed by atoms with Crippen molar-refractivity contribution in [2.75, 3.05) is 13.1 Å². The van der Waals surface area contributed by atoms with Crippen LogP contribution in [0.25, 0.3) is 0 Å². The highest BCUT2D eigenvalue weighted by Crippen LogP contribution is 2.23. The second-order valence-electron chi connectivity index (χ2n) is 5.72. The fraction of sp³-hybridized carbons (Fsp3) is 0.733. The van der Waals surface area contributed by atoms with E-state index in [1.807, 2.05) is 11.8 Å². The molecule has 2 unspecified atom stereocenters. The highest BCUT2D eigenvalue weighted by molar-refractivity contribution is 7.09. The van der Waals surface area contributed by atoms with Crippen LogP contribution in [0, 0.1) is 12.8 Å². The number of amides is 1. The average molecular weight is 295 g/mol. The number of aryl methyl sites for hydroxylation is 2. The van der Waals surface area contributed by atoms with Crippen molar-refractivity contribution in [3.63, 3.8) is 0 Å². The molecule has 1 saturated heterocycles. The van der Waals surface area contributed by atoms with E-state index in [2.05, 4.69) is 17.3 Å². The first-order valence-electron chi connectivity index (χ1n) is 7.52. The van der Waals surface area contributed by atoms with Crippen molar-refractivity contribution in [1.82, 2.24) is 9.88 Å². The Bertz CT molecular complexity index is 446. The van der Waals surface area contributed by atoms with E-state index in [9.17, 15) is 4.79 Å². The number of thiazole rings is 1. The Kier molecular flexibility index (Phi) is 5.54. The highest BCUT2D eigenvalue weighted by atomic mass is 32.1. The molecular formula is C15H25N3OS. The molecule has 0 aromatic carbocycles. The van der Waals surface area contributed by atoms with E-state index in [0.29, 0.717) is 18.9 Å². The molecule has 0 spiro atoms. The van der Waals surface area contributed by atoms with Gasteiger partial charge in [-0.05, 0) is 38.5 Å². The zero-order chi connectivity index (χ0) is 14.5. The van der Waals surface area contributed by atoms with Crippen LogP contribution in [0.1, 0.15) is 43.3 Å². The summed E-state index contributed by atoms with van der Waals surface area (Å²) in [7, 11) is 0. The van der Waals surface area contributed by atoms with Crippen LogP contribution < -0.4 is 5.73 Å². The Morgan fingerprint density at radius 2 is 2.40 bits per heavy atom. The maximum atomic E-state index is 12.4. The molecule has 2 rings (SSSR count). The SMILES string of the molecule is Cc1nc(CCCC(=O)N2CCCC(C)C2CN)cs1. The minimum atomic E-state index is 0.234. The van der Waals surface area contributed by atoms with E-state index in [-0.39, 0.29) is 11.9 Å². The molecule has 112 valence electrons. The van der Waals surface area contributed by atoms with Crippen LogP contribution >= 0.6 is 11.3 Å². The maximum absolute atomic E-state index is 12.4. The topological polar surface area (TPSA) is 59.2 Å². The van der Waals surface area contributed by atoms with E-state index < -0.39 is 0 Å². The van der Waals surface area contributed by atoms with Crippen molar-refractivity contribution in [2.45, 2.75) is 52.0 Å². The molecule has 1 aliphatic rings. The van der Waals surface area contributed by atoms with Gasteiger partial charge in [0.1, 0.15) is 0 Å². The van der Waals surface area contributed by atoms with Gasteiger partial charge in [-0.25, -0.2) is 4.98 Å². The van der Waals surface area contributed by atoms with Gasteiger partial charge in [0, 0.05) is 30.9 Å². The lowest BCUT2D eigenvalue weighted by molar-refractivity contribution is -0.136. The van der Waals surface area contributed by atoms with Crippen LogP contribution in [0.3, 0.4) is 0 Å². The molecule has 5 heteroatoms. The molecule has 1 aromatic rings. The molecule has 0 bridgehead atoms. The lowest BCUT2D eigenvalue weighted by Crippen LogP contribution is -2.51. The Morgan fingerprint density at radius 1 is 1.60 bits per heavy atom. The van der Waals surface area contributed by atoms with Gasteiger partial charge in [-0.3, -0.25) is 4.79 Å². The van der Waals surface area contributed by atoms with Crippen molar-refractivity contribution < 1.29 is 4.79 Å². The summed E-state index contributed by atoms with van der Waals surface area (Å²) >= 11 is 1.67. The summed E-state index contributed by atoms with van der Waals surface area (Å²) in [6.07, 6.45) is 4.68. The predicted octanol–water partition coefficient (Wildman–Crippen LogP) is 2.36. The molecule has 0 radical (unpaired) electrons. The van der Waals surface area contributed by atoms with Crippen LogP contribution in [-0.4, -0.2) is 34.9 Å². The standard InChI is InChI=1S/C15H25N3OS/c1-11-5-4-8-18(14(11)9-16)15(19)7-3-6-13-10-20-12(2)17-13/h10-11,14H,3-9,16H2,1-2H3. The zero-order valence-electron chi connectivity index (χ0n) is 12.5. The molecule has 2 heterocycles.